The molecule has 2 saturated heterocycles. The van der Waals surface area contributed by atoms with Gasteiger partial charge in [0.15, 0.2) is 9.84 Å². The Morgan fingerprint density at radius 1 is 1.09 bits per heavy atom. The number of fused-ring (bicyclic) bond motifs is 1. The highest BCUT2D eigenvalue weighted by molar-refractivity contribution is 9.10. The van der Waals surface area contributed by atoms with Crippen molar-refractivity contribution in [2.75, 3.05) is 38.5 Å². The SMILES string of the molecule is O=S(=O)(CCN1CCCN2CCC[C@H]2C1)c1ccc(Br)cc1. The van der Waals surface area contributed by atoms with E-state index in [-0.39, 0.29) is 5.75 Å². The van der Waals surface area contributed by atoms with E-state index in [0.717, 1.165) is 24.0 Å². The van der Waals surface area contributed by atoms with Crippen LogP contribution in [0.1, 0.15) is 19.3 Å². The molecular weight excluding hydrogens is 364 g/mol. The standard InChI is InChI=1S/C16H23BrN2O2S/c17-14-4-6-16(7-5-14)22(20,21)12-11-18-8-2-10-19-9-1-3-15(19)13-18/h4-7,15H,1-3,8-13H2/t15-/m0/s1. The Balaban J connectivity index is 1.60. The summed E-state index contributed by atoms with van der Waals surface area (Å²) >= 11 is 3.34. The van der Waals surface area contributed by atoms with Gasteiger partial charge in [-0.3, -0.25) is 4.90 Å². The Hall–Kier alpha value is -0.430. The van der Waals surface area contributed by atoms with Crippen molar-refractivity contribution >= 4 is 25.8 Å². The fourth-order valence-corrected chi connectivity index (χ4v) is 5.04. The monoisotopic (exact) mass is 386 g/mol. The quantitative estimate of drug-likeness (QED) is 0.796. The molecule has 0 N–H and O–H groups in total. The molecule has 0 unspecified atom stereocenters. The third-order valence-electron chi connectivity index (χ3n) is 4.74. The number of sulfone groups is 1. The maximum atomic E-state index is 12.4. The largest absolute Gasteiger partial charge is 0.301 e. The molecule has 0 spiro atoms. The second-order valence-corrected chi connectivity index (χ2v) is 9.28. The Morgan fingerprint density at radius 3 is 2.59 bits per heavy atom. The van der Waals surface area contributed by atoms with Gasteiger partial charge in [0.25, 0.3) is 0 Å². The van der Waals surface area contributed by atoms with Crippen LogP contribution in [0.5, 0.6) is 0 Å². The maximum Gasteiger partial charge on any atom is 0.179 e. The number of benzene rings is 1. The predicted octanol–water partition coefficient (Wildman–Crippen LogP) is 2.39. The van der Waals surface area contributed by atoms with E-state index >= 15 is 0 Å². The molecule has 122 valence electrons. The Kier molecular flexibility index (Phi) is 5.22. The molecule has 2 heterocycles. The fourth-order valence-electron chi connectivity index (χ4n) is 3.50. The van der Waals surface area contributed by atoms with Crippen molar-refractivity contribution < 1.29 is 8.42 Å². The molecule has 0 aromatic heterocycles. The lowest BCUT2D eigenvalue weighted by Crippen LogP contribution is -2.38. The number of halogens is 1. The van der Waals surface area contributed by atoms with Crippen molar-refractivity contribution in [2.24, 2.45) is 0 Å². The highest BCUT2D eigenvalue weighted by Gasteiger charge is 2.29. The Morgan fingerprint density at radius 2 is 1.82 bits per heavy atom. The normalized spacial score (nSPS) is 24.1. The molecule has 0 saturated carbocycles. The van der Waals surface area contributed by atoms with Crippen molar-refractivity contribution in [1.29, 1.82) is 0 Å². The number of rotatable bonds is 4. The summed E-state index contributed by atoms with van der Waals surface area (Å²) in [6.07, 6.45) is 3.69. The first-order chi connectivity index (χ1) is 10.5. The summed E-state index contributed by atoms with van der Waals surface area (Å²) < 4.78 is 25.8. The van der Waals surface area contributed by atoms with Crippen molar-refractivity contribution in [3.05, 3.63) is 28.7 Å². The molecule has 1 aromatic carbocycles. The van der Waals surface area contributed by atoms with E-state index in [1.165, 1.54) is 25.9 Å². The molecule has 2 fully saturated rings. The molecule has 0 aliphatic carbocycles. The second kappa shape index (κ2) is 6.99. The Bertz CT molecular complexity index is 603. The third-order valence-corrected chi connectivity index (χ3v) is 6.98. The van der Waals surface area contributed by atoms with Gasteiger partial charge in [-0.1, -0.05) is 15.9 Å². The summed E-state index contributed by atoms with van der Waals surface area (Å²) in [5.41, 5.74) is 0. The summed E-state index contributed by atoms with van der Waals surface area (Å²) in [6, 6.07) is 7.57. The van der Waals surface area contributed by atoms with Crippen molar-refractivity contribution in [3.63, 3.8) is 0 Å². The molecule has 0 bridgehead atoms. The van der Waals surface area contributed by atoms with Crippen LogP contribution in [0.25, 0.3) is 0 Å². The molecule has 2 aliphatic rings. The second-order valence-electron chi connectivity index (χ2n) is 6.26. The van der Waals surface area contributed by atoms with E-state index in [4.69, 9.17) is 0 Å². The van der Waals surface area contributed by atoms with Gasteiger partial charge in [0.1, 0.15) is 0 Å². The summed E-state index contributed by atoms with van der Waals surface area (Å²) in [4.78, 5) is 5.34. The van der Waals surface area contributed by atoms with Gasteiger partial charge in [-0.15, -0.1) is 0 Å². The number of nitrogens with zero attached hydrogens (tertiary/aromatic N) is 2. The van der Waals surface area contributed by atoms with Gasteiger partial charge >= 0.3 is 0 Å². The molecule has 4 nitrogen and oxygen atoms in total. The lowest BCUT2D eigenvalue weighted by atomic mass is 10.2. The van der Waals surface area contributed by atoms with Crippen LogP contribution in [0, 0.1) is 0 Å². The smallest absolute Gasteiger partial charge is 0.179 e. The minimum Gasteiger partial charge on any atom is -0.301 e. The van der Waals surface area contributed by atoms with Crippen LogP contribution in [0.3, 0.4) is 0 Å². The zero-order valence-corrected chi connectivity index (χ0v) is 15.2. The topological polar surface area (TPSA) is 40.6 Å². The zero-order valence-electron chi connectivity index (χ0n) is 12.7. The van der Waals surface area contributed by atoms with Crippen molar-refractivity contribution in [2.45, 2.75) is 30.2 Å². The highest BCUT2D eigenvalue weighted by atomic mass is 79.9. The molecule has 0 amide bonds. The lowest BCUT2D eigenvalue weighted by molar-refractivity contribution is 0.226. The lowest BCUT2D eigenvalue weighted by Gasteiger charge is -2.25. The average molecular weight is 387 g/mol. The molecule has 3 rings (SSSR count). The van der Waals surface area contributed by atoms with Crippen molar-refractivity contribution in [3.8, 4) is 0 Å². The van der Waals surface area contributed by atoms with E-state index in [1.54, 1.807) is 24.3 Å². The average Bonchev–Trinajstić information content (AvgIpc) is 2.83. The van der Waals surface area contributed by atoms with Gasteiger partial charge in [0, 0.05) is 23.6 Å². The van der Waals surface area contributed by atoms with E-state index in [2.05, 4.69) is 25.7 Å². The van der Waals surface area contributed by atoms with Gasteiger partial charge in [-0.05, 0) is 63.2 Å². The summed E-state index contributed by atoms with van der Waals surface area (Å²) in [7, 11) is -3.19. The van der Waals surface area contributed by atoms with Gasteiger partial charge in [0.2, 0.25) is 0 Å². The minimum atomic E-state index is -3.19. The molecule has 1 aromatic rings. The maximum absolute atomic E-state index is 12.4. The van der Waals surface area contributed by atoms with E-state index in [9.17, 15) is 8.42 Å². The van der Waals surface area contributed by atoms with Gasteiger partial charge in [-0.25, -0.2) is 8.42 Å². The Labute approximate surface area is 141 Å². The van der Waals surface area contributed by atoms with E-state index in [0.29, 0.717) is 17.5 Å². The minimum absolute atomic E-state index is 0.210. The van der Waals surface area contributed by atoms with Crippen LogP contribution in [0.4, 0.5) is 0 Å². The summed E-state index contributed by atoms with van der Waals surface area (Å²) in [6.45, 7) is 5.07. The van der Waals surface area contributed by atoms with E-state index in [1.807, 2.05) is 0 Å². The first kappa shape index (κ1) is 16.4. The first-order valence-corrected chi connectivity index (χ1v) is 10.4. The summed E-state index contributed by atoms with van der Waals surface area (Å²) in [5, 5.41) is 0. The molecular formula is C16H23BrN2O2S. The summed E-state index contributed by atoms with van der Waals surface area (Å²) in [5.74, 6) is 0.210. The number of hydrogen-bond donors (Lipinski definition) is 0. The molecule has 22 heavy (non-hydrogen) atoms. The van der Waals surface area contributed by atoms with Crippen LogP contribution < -0.4 is 0 Å². The highest BCUT2D eigenvalue weighted by Crippen LogP contribution is 2.22. The van der Waals surface area contributed by atoms with Gasteiger partial charge in [-0.2, -0.15) is 0 Å². The van der Waals surface area contributed by atoms with Crippen LogP contribution in [0.15, 0.2) is 33.6 Å². The molecule has 6 heteroatoms. The van der Waals surface area contributed by atoms with Crippen LogP contribution in [-0.4, -0.2) is 62.7 Å². The van der Waals surface area contributed by atoms with Crippen LogP contribution in [-0.2, 0) is 9.84 Å². The third kappa shape index (κ3) is 3.91. The van der Waals surface area contributed by atoms with Crippen LogP contribution in [0.2, 0.25) is 0 Å². The van der Waals surface area contributed by atoms with Crippen molar-refractivity contribution in [1.82, 2.24) is 9.80 Å². The van der Waals surface area contributed by atoms with Crippen LogP contribution >= 0.6 is 15.9 Å². The van der Waals surface area contributed by atoms with E-state index < -0.39 is 9.84 Å². The predicted molar refractivity (Wildman–Crippen MR) is 91.8 cm³/mol. The zero-order chi connectivity index (χ0) is 15.6. The number of hydrogen-bond acceptors (Lipinski definition) is 4. The van der Waals surface area contributed by atoms with Gasteiger partial charge in [0.05, 0.1) is 10.6 Å². The van der Waals surface area contributed by atoms with Gasteiger partial charge < -0.3 is 4.90 Å². The first-order valence-electron chi connectivity index (χ1n) is 7.99. The molecule has 2 aliphatic heterocycles. The fraction of sp³-hybridized carbons (Fsp3) is 0.625. The molecule has 0 radical (unpaired) electrons. The molecule has 1 atom stereocenters.